The smallest absolute Gasteiger partial charge is 0.129 e. The molecule has 0 saturated heterocycles. The molecule has 8 aromatic rings. The quantitative estimate of drug-likeness (QED) is 0.127. The van der Waals surface area contributed by atoms with Crippen LogP contribution in [0, 0.1) is 42.1 Å². The average molecular weight is 1020 g/mol. The number of rotatable bonds is 5. The summed E-state index contributed by atoms with van der Waals surface area (Å²) in [5.41, 5.74) is 4.49. The van der Waals surface area contributed by atoms with Gasteiger partial charge in [0.25, 0.3) is 0 Å². The van der Waals surface area contributed by atoms with E-state index in [0.717, 1.165) is 69.1 Å². The molecule has 10 rings (SSSR count). The van der Waals surface area contributed by atoms with Crippen LogP contribution >= 0.6 is 0 Å². The third-order valence-corrected chi connectivity index (χ3v) is 12.7. The van der Waals surface area contributed by atoms with Crippen molar-refractivity contribution in [3.63, 3.8) is 0 Å². The summed E-state index contributed by atoms with van der Waals surface area (Å²) < 4.78 is 97.6. The number of nitrogens with zero attached hydrogens (tertiary/aromatic N) is 2. The summed E-state index contributed by atoms with van der Waals surface area (Å²) in [6.45, 7) is 6.19. The minimum atomic E-state index is -2.53. The van der Waals surface area contributed by atoms with E-state index in [1.165, 1.54) is 50.6 Å². The van der Waals surface area contributed by atoms with E-state index >= 15 is 0 Å². The third-order valence-electron chi connectivity index (χ3n) is 12.7. The van der Waals surface area contributed by atoms with Gasteiger partial charge in [-0.1, -0.05) is 145 Å². The molecule has 63 heavy (non-hydrogen) atoms. The van der Waals surface area contributed by atoms with Crippen molar-refractivity contribution < 1.29 is 39.6 Å². The molecular weight excluding hydrogens is 945 g/mol. The maximum Gasteiger partial charge on any atom is 0.129 e. The molecule has 5 aromatic carbocycles. The van der Waals surface area contributed by atoms with Gasteiger partial charge in [-0.25, -0.2) is 0 Å². The molecule has 327 valence electrons. The topological polar surface area (TPSA) is 38.9 Å². The molecule has 1 radical (unpaired) electrons. The number of hydrogen-bond donors (Lipinski definition) is 0. The molecule has 2 fully saturated rings. The molecule has 0 amide bonds. The number of benzene rings is 5. The van der Waals surface area contributed by atoms with Crippen LogP contribution in [0.4, 0.5) is 0 Å². The van der Waals surface area contributed by atoms with Crippen LogP contribution in [-0.4, -0.2) is 9.97 Å². The molecule has 0 unspecified atom stereocenters. The summed E-state index contributed by atoms with van der Waals surface area (Å²) in [6.07, 6.45) is 10.1. The summed E-state index contributed by atoms with van der Waals surface area (Å²) in [6, 6.07) is 34.6. The zero-order valence-electron chi connectivity index (χ0n) is 48.3. The van der Waals surface area contributed by atoms with Crippen LogP contribution in [0.3, 0.4) is 0 Å². The van der Waals surface area contributed by atoms with Gasteiger partial charge >= 0.3 is 0 Å². The number of aromatic nitrogens is 2. The van der Waals surface area contributed by atoms with Crippen LogP contribution in [0.1, 0.15) is 148 Å². The molecule has 3 heterocycles. The van der Waals surface area contributed by atoms with Crippen molar-refractivity contribution in [2.24, 2.45) is 16.2 Å². The summed E-state index contributed by atoms with van der Waals surface area (Å²) >= 11 is 0. The molecule has 0 aliphatic heterocycles. The standard InChI is InChI=1S/C42H44NO.C17H20N.Ir/c1-27-26-43-37(24-30(27)25-41(2,3)4)36-13-9-12-34-35-17-15-29-14-16-32-31(10-8-11-33(32)38(29)40(35)44-39(34)36)28-18-22-42(23-19-28)20-6-5-7-21-42;1-13-5-8-15(9-6-13)16-10-7-14(12-18-16)11-17(2,3)4;/h8-12,14-17,24,26,28H,5-7,18-23,25H2,1-4H3;5-8,10,12H,11H2,1-4H3;/q2*-1;/i1D3,25D2,28D;1D3,11D2;. The second-order valence-electron chi connectivity index (χ2n) is 19.7. The van der Waals surface area contributed by atoms with Crippen LogP contribution in [-0.2, 0) is 32.9 Å². The Bertz CT molecular complexity index is 3330. The van der Waals surface area contributed by atoms with Crippen molar-refractivity contribution in [1.82, 2.24) is 9.97 Å². The molecule has 3 aromatic heterocycles. The van der Waals surface area contributed by atoms with E-state index in [1.807, 2.05) is 32.9 Å². The Labute approximate surface area is 405 Å². The van der Waals surface area contributed by atoms with E-state index in [9.17, 15) is 1.37 Å². The van der Waals surface area contributed by atoms with Crippen LogP contribution in [0.5, 0.6) is 0 Å². The number of pyridine rings is 2. The number of furan rings is 1. The van der Waals surface area contributed by atoms with Gasteiger partial charge in [0.2, 0.25) is 0 Å². The zero-order valence-corrected chi connectivity index (χ0v) is 39.7. The van der Waals surface area contributed by atoms with E-state index in [-0.39, 0.29) is 36.8 Å². The van der Waals surface area contributed by atoms with Gasteiger partial charge in [0.1, 0.15) is 5.58 Å². The fourth-order valence-corrected chi connectivity index (χ4v) is 9.77. The first-order chi connectivity index (χ1) is 34.0. The van der Waals surface area contributed by atoms with E-state index < -0.39 is 43.2 Å². The van der Waals surface area contributed by atoms with Crippen molar-refractivity contribution >= 4 is 43.5 Å². The summed E-state index contributed by atoms with van der Waals surface area (Å²) in [7, 11) is 0. The molecule has 4 heteroatoms. The number of hydrogen-bond acceptors (Lipinski definition) is 3. The first kappa shape index (κ1) is 32.9. The summed E-state index contributed by atoms with van der Waals surface area (Å²) in [5.74, 6) is -0.623. The molecule has 2 saturated carbocycles. The Morgan fingerprint density at radius 2 is 1.48 bits per heavy atom. The van der Waals surface area contributed by atoms with Crippen molar-refractivity contribution in [2.45, 2.75) is 132 Å². The molecule has 0 atom stereocenters. The van der Waals surface area contributed by atoms with E-state index in [4.69, 9.17) is 18.1 Å². The fraction of sp³-hybridized carbons (Fsp3) is 0.390. The van der Waals surface area contributed by atoms with E-state index in [1.54, 1.807) is 51.1 Å². The molecule has 2 aliphatic rings. The zero-order chi connectivity index (χ0) is 52.7. The Kier molecular flexibility index (Phi) is 9.46. The predicted molar refractivity (Wildman–Crippen MR) is 262 cm³/mol. The van der Waals surface area contributed by atoms with Gasteiger partial charge < -0.3 is 14.4 Å². The van der Waals surface area contributed by atoms with E-state index in [0.29, 0.717) is 39.1 Å². The van der Waals surface area contributed by atoms with Crippen LogP contribution < -0.4 is 0 Å². The second kappa shape index (κ2) is 18.1. The first-order valence-corrected chi connectivity index (χ1v) is 22.3. The largest absolute Gasteiger partial charge is 0.500 e. The van der Waals surface area contributed by atoms with Gasteiger partial charge in [0, 0.05) is 58.3 Å². The van der Waals surface area contributed by atoms with Gasteiger partial charge in [0.05, 0.1) is 5.58 Å². The Morgan fingerprint density at radius 1 is 0.730 bits per heavy atom. The normalized spacial score (nSPS) is 19.7. The monoisotopic (exact) mass is 1020 g/mol. The molecule has 2 aliphatic carbocycles. The van der Waals surface area contributed by atoms with Gasteiger partial charge in [-0.05, 0) is 124 Å². The molecular formula is C59H64IrN2O-2. The molecule has 0 N–H and O–H groups in total. The van der Waals surface area contributed by atoms with Gasteiger partial charge in [-0.15, -0.1) is 53.6 Å². The molecule has 3 nitrogen and oxygen atoms in total. The van der Waals surface area contributed by atoms with Gasteiger partial charge in [0.15, 0.2) is 0 Å². The second-order valence-corrected chi connectivity index (χ2v) is 19.7. The third kappa shape index (κ3) is 9.74. The van der Waals surface area contributed by atoms with Crippen molar-refractivity contribution in [1.29, 1.82) is 0 Å². The van der Waals surface area contributed by atoms with Crippen LogP contribution in [0.25, 0.3) is 66.0 Å². The van der Waals surface area contributed by atoms with Gasteiger partial charge in [-0.3, -0.25) is 0 Å². The fourth-order valence-electron chi connectivity index (χ4n) is 9.77. The minimum Gasteiger partial charge on any atom is -0.500 e. The Hall–Kier alpha value is -4.63. The average Bonchev–Trinajstić information content (AvgIpc) is 3.73. The number of fused-ring (bicyclic) bond motifs is 7. The van der Waals surface area contributed by atoms with E-state index in [2.05, 4.69) is 64.6 Å². The Balaban J connectivity index is 0.000000256. The van der Waals surface area contributed by atoms with Crippen molar-refractivity contribution in [3.8, 4) is 22.5 Å². The minimum absolute atomic E-state index is 0. The summed E-state index contributed by atoms with van der Waals surface area (Å²) in [4.78, 5) is 8.88. The molecule has 1 spiro atoms. The van der Waals surface area contributed by atoms with Crippen LogP contribution in [0.15, 0.2) is 108 Å². The SMILES string of the molecule is [2H]C([2H])([2H])c1c[c-]c(-c2ccc(C([2H])([2H])C(C)(C)C)cn2)cc1.[2H]C([2H])([2H])c1cnc(-c2[c-]ccc3c2oc2c3ccc3ccc4c(C5([2H])CCC6(CCCCC6)CC5)cccc4c32)cc1C([2H])([2H])C(C)(C)C.[Ir]. The number of aryl methyl sites for hydroxylation is 2. The molecule has 0 bridgehead atoms. The first-order valence-electron chi connectivity index (χ1n) is 27.8. The van der Waals surface area contributed by atoms with Gasteiger partial charge in [-0.2, -0.15) is 0 Å². The van der Waals surface area contributed by atoms with Crippen molar-refractivity contribution in [3.05, 3.63) is 143 Å². The van der Waals surface area contributed by atoms with Crippen molar-refractivity contribution in [2.75, 3.05) is 0 Å². The predicted octanol–water partition coefficient (Wildman–Crippen LogP) is 16.7. The maximum absolute atomic E-state index is 9.78. The maximum atomic E-state index is 9.78. The Morgan fingerprint density at radius 3 is 2.16 bits per heavy atom. The summed E-state index contributed by atoms with van der Waals surface area (Å²) in [5, 5.41) is 6.06. The van der Waals surface area contributed by atoms with Crippen LogP contribution in [0.2, 0.25) is 0 Å².